The molecule has 0 fully saturated rings. The van der Waals surface area contributed by atoms with E-state index < -0.39 is 16.1 Å². The predicted octanol–water partition coefficient (Wildman–Crippen LogP) is 3.38. The second kappa shape index (κ2) is 8.51. The van der Waals surface area contributed by atoms with E-state index in [1.165, 1.54) is 6.07 Å². The first-order valence-corrected chi connectivity index (χ1v) is 9.19. The number of hydrogen-bond acceptors (Lipinski definition) is 3. The first-order valence-electron chi connectivity index (χ1n) is 7.71. The Morgan fingerprint density at radius 1 is 1.19 bits per heavy atom. The van der Waals surface area contributed by atoms with Crippen LogP contribution in [-0.4, -0.2) is 19.6 Å². The molecule has 0 aromatic heterocycles. The van der Waals surface area contributed by atoms with Crippen LogP contribution in [0, 0.1) is 0 Å². The molecule has 5 heteroatoms. The van der Waals surface area contributed by atoms with Gasteiger partial charge in [-0.1, -0.05) is 45.2 Å². The largest absolute Gasteiger partial charge is 0.389 e. The lowest BCUT2D eigenvalue weighted by atomic mass is 10.1. The van der Waals surface area contributed by atoms with Crippen molar-refractivity contribution in [1.82, 2.24) is 4.72 Å². The van der Waals surface area contributed by atoms with Crippen molar-refractivity contribution in [3.05, 3.63) is 29.8 Å². The van der Waals surface area contributed by atoms with Gasteiger partial charge in [0, 0.05) is 6.04 Å². The van der Waals surface area contributed by atoms with Gasteiger partial charge in [0.2, 0.25) is 10.0 Å². The molecule has 0 saturated heterocycles. The molecule has 2 unspecified atom stereocenters. The first-order chi connectivity index (χ1) is 9.90. The molecular weight excluding hydrogens is 286 g/mol. The Morgan fingerprint density at radius 3 is 2.48 bits per heavy atom. The third kappa shape index (κ3) is 5.77. The molecule has 1 aromatic rings. The van der Waals surface area contributed by atoms with Gasteiger partial charge in [-0.3, -0.25) is 0 Å². The highest BCUT2D eigenvalue weighted by Crippen LogP contribution is 2.18. The summed E-state index contributed by atoms with van der Waals surface area (Å²) in [5.74, 6) is 0. The highest BCUT2D eigenvalue weighted by Gasteiger charge is 2.20. The van der Waals surface area contributed by atoms with Crippen LogP contribution in [0.25, 0.3) is 0 Å². The minimum absolute atomic E-state index is 0.0184. The Labute approximate surface area is 128 Å². The molecular formula is C16H27NO3S. The molecule has 0 bridgehead atoms. The number of sulfonamides is 1. The normalized spacial score (nSPS) is 14.9. The van der Waals surface area contributed by atoms with E-state index in [0.29, 0.717) is 5.56 Å². The van der Waals surface area contributed by atoms with Gasteiger partial charge in [-0.25, -0.2) is 13.1 Å². The van der Waals surface area contributed by atoms with E-state index in [2.05, 4.69) is 18.6 Å². The molecule has 0 radical (unpaired) electrons. The monoisotopic (exact) mass is 313 g/mol. The molecule has 0 aliphatic heterocycles. The summed E-state index contributed by atoms with van der Waals surface area (Å²) in [5.41, 5.74) is 0.610. The summed E-state index contributed by atoms with van der Waals surface area (Å²) < 4.78 is 27.7. The summed E-state index contributed by atoms with van der Waals surface area (Å²) in [4.78, 5) is 0.221. The predicted molar refractivity (Wildman–Crippen MR) is 85.6 cm³/mol. The van der Waals surface area contributed by atoms with E-state index in [9.17, 15) is 13.5 Å². The van der Waals surface area contributed by atoms with Crippen molar-refractivity contribution in [2.24, 2.45) is 0 Å². The fraction of sp³-hybridized carbons (Fsp3) is 0.625. The molecule has 1 rings (SSSR count). The van der Waals surface area contributed by atoms with Crippen molar-refractivity contribution in [3.63, 3.8) is 0 Å². The van der Waals surface area contributed by atoms with Gasteiger partial charge in [0.05, 0.1) is 11.0 Å². The van der Waals surface area contributed by atoms with Crippen molar-refractivity contribution < 1.29 is 13.5 Å². The van der Waals surface area contributed by atoms with Gasteiger partial charge < -0.3 is 5.11 Å². The number of nitrogens with one attached hydrogen (secondary N) is 1. The van der Waals surface area contributed by atoms with Crippen molar-refractivity contribution in [1.29, 1.82) is 0 Å². The number of aliphatic hydroxyl groups excluding tert-OH is 1. The summed E-state index contributed by atoms with van der Waals surface area (Å²) in [5, 5.41) is 9.58. The molecule has 0 saturated carbocycles. The smallest absolute Gasteiger partial charge is 0.240 e. The quantitative estimate of drug-likeness (QED) is 0.734. The highest BCUT2D eigenvalue weighted by atomic mass is 32.2. The first kappa shape index (κ1) is 18.1. The lowest BCUT2D eigenvalue weighted by Gasteiger charge is -2.18. The van der Waals surface area contributed by atoms with Gasteiger partial charge >= 0.3 is 0 Å². The summed E-state index contributed by atoms with van der Waals surface area (Å²) in [7, 11) is -3.53. The summed E-state index contributed by atoms with van der Waals surface area (Å²) in [6.07, 6.45) is 4.05. The van der Waals surface area contributed by atoms with Crippen LogP contribution in [0.1, 0.15) is 64.5 Å². The molecule has 120 valence electrons. The Kier molecular flexibility index (Phi) is 7.35. The lowest BCUT2D eigenvalue weighted by Crippen LogP contribution is -2.34. The molecule has 0 amide bonds. The molecule has 0 spiro atoms. The summed E-state index contributed by atoms with van der Waals surface area (Å²) >= 11 is 0. The lowest BCUT2D eigenvalue weighted by molar-refractivity contribution is 0.199. The Morgan fingerprint density at radius 2 is 1.90 bits per heavy atom. The number of aliphatic hydroxyl groups is 1. The third-order valence-electron chi connectivity index (χ3n) is 3.52. The average molecular weight is 313 g/mol. The molecule has 1 aromatic carbocycles. The molecule has 0 heterocycles. The van der Waals surface area contributed by atoms with Gasteiger partial charge in [-0.05, 0) is 37.5 Å². The number of hydrogen-bond donors (Lipinski definition) is 2. The van der Waals surface area contributed by atoms with Crippen molar-refractivity contribution in [2.75, 3.05) is 0 Å². The minimum Gasteiger partial charge on any atom is -0.389 e. The standard InChI is InChI=1S/C16H27NO3S/c1-4-6-10-15(8-5-2)17-21(19,20)16-11-7-9-14(12-16)13(3)18/h7,9,11-13,15,17-18H,4-6,8,10H2,1-3H3. The van der Waals surface area contributed by atoms with E-state index in [4.69, 9.17) is 0 Å². The van der Waals surface area contributed by atoms with Crippen molar-refractivity contribution in [3.8, 4) is 0 Å². The van der Waals surface area contributed by atoms with Crippen LogP contribution in [0.2, 0.25) is 0 Å². The zero-order valence-electron chi connectivity index (χ0n) is 13.2. The second-order valence-electron chi connectivity index (χ2n) is 5.50. The van der Waals surface area contributed by atoms with Gasteiger partial charge in [-0.15, -0.1) is 0 Å². The zero-order valence-corrected chi connectivity index (χ0v) is 14.0. The Balaban J connectivity index is 2.90. The number of unbranched alkanes of at least 4 members (excludes halogenated alkanes) is 1. The second-order valence-corrected chi connectivity index (χ2v) is 7.21. The molecule has 0 aliphatic carbocycles. The van der Waals surface area contributed by atoms with Crippen molar-refractivity contribution >= 4 is 10.0 Å². The van der Waals surface area contributed by atoms with Crippen molar-refractivity contribution in [2.45, 2.75) is 69.9 Å². The molecule has 4 nitrogen and oxygen atoms in total. The fourth-order valence-corrected chi connectivity index (χ4v) is 3.65. The highest BCUT2D eigenvalue weighted by molar-refractivity contribution is 7.89. The molecule has 2 N–H and O–H groups in total. The van der Waals surface area contributed by atoms with E-state index in [1.54, 1.807) is 25.1 Å². The van der Waals surface area contributed by atoms with Crippen LogP contribution in [-0.2, 0) is 10.0 Å². The van der Waals surface area contributed by atoms with E-state index >= 15 is 0 Å². The summed E-state index contributed by atoms with van der Waals surface area (Å²) in [6.45, 7) is 5.78. The third-order valence-corrected chi connectivity index (χ3v) is 5.03. The molecule has 21 heavy (non-hydrogen) atoms. The average Bonchev–Trinajstić information content (AvgIpc) is 2.45. The topological polar surface area (TPSA) is 66.4 Å². The van der Waals surface area contributed by atoms with Gasteiger partial charge in [0.25, 0.3) is 0 Å². The van der Waals surface area contributed by atoms with Crippen LogP contribution in [0.4, 0.5) is 0 Å². The van der Waals surface area contributed by atoms with Gasteiger partial charge in [0.1, 0.15) is 0 Å². The van der Waals surface area contributed by atoms with E-state index in [-0.39, 0.29) is 10.9 Å². The van der Waals surface area contributed by atoms with Crippen LogP contribution in [0.15, 0.2) is 29.2 Å². The van der Waals surface area contributed by atoms with E-state index in [1.807, 2.05) is 0 Å². The van der Waals surface area contributed by atoms with E-state index in [0.717, 1.165) is 32.1 Å². The molecule has 0 aliphatic rings. The van der Waals surface area contributed by atoms with Gasteiger partial charge in [0.15, 0.2) is 0 Å². The maximum absolute atomic E-state index is 12.5. The maximum atomic E-state index is 12.5. The van der Waals surface area contributed by atoms with Gasteiger partial charge in [-0.2, -0.15) is 0 Å². The summed E-state index contributed by atoms with van der Waals surface area (Å²) in [6, 6.07) is 6.48. The number of benzene rings is 1. The zero-order chi connectivity index (χ0) is 15.9. The van der Waals surface area contributed by atoms with Crippen LogP contribution < -0.4 is 4.72 Å². The number of rotatable bonds is 9. The Hall–Kier alpha value is -0.910. The maximum Gasteiger partial charge on any atom is 0.240 e. The van der Waals surface area contributed by atoms with Crippen LogP contribution >= 0.6 is 0 Å². The molecule has 2 atom stereocenters. The fourth-order valence-electron chi connectivity index (χ4n) is 2.29. The Bertz CT molecular complexity index is 526. The van der Waals surface area contributed by atoms with Crippen LogP contribution in [0.3, 0.4) is 0 Å². The minimum atomic E-state index is -3.53. The van der Waals surface area contributed by atoms with Crippen LogP contribution in [0.5, 0.6) is 0 Å². The SMILES string of the molecule is CCCCC(CCC)NS(=O)(=O)c1cccc(C(C)O)c1.